The van der Waals surface area contributed by atoms with Gasteiger partial charge in [0.1, 0.15) is 5.78 Å². The highest BCUT2D eigenvalue weighted by Gasteiger charge is 2.44. The average molecular weight is 384 g/mol. The van der Waals surface area contributed by atoms with Crippen molar-refractivity contribution in [3.8, 4) is 0 Å². The summed E-state index contributed by atoms with van der Waals surface area (Å²) in [5, 5.41) is 15.0. The van der Waals surface area contributed by atoms with Crippen LogP contribution in [0.1, 0.15) is 35.3 Å². The van der Waals surface area contributed by atoms with Crippen LogP contribution >= 0.6 is 0 Å². The molecule has 8 nitrogen and oxygen atoms in total. The van der Waals surface area contributed by atoms with Crippen LogP contribution in [0.5, 0.6) is 0 Å². The lowest BCUT2D eigenvalue weighted by Crippen LogP contribution is -2.47. The van der Waals surface area contributed by atoms with Crippen LogP contribution in [-0.4, -0.2) is 75.5 Å². The highest BCUT2D eigenvalue weighted by atomic mass is 16.3. The first-order chi connectivity index (χ1) is 13.5. The van der Waals surface area contributed by atoms with Gasteiger partial charge in [-0.05, 0) is 44.0 Å². The molecule has 3 heterocycles. The first-order valence-corrected chi connectivity index (χ1v) is 9.60. The van der Waals surface area contributed by atoms with Gasteiger partial charge in [-0.3, -0.25) is 24.4 Å². The van der Waals surface area contributed by atoms with Crippen LogP contribution < -0.4 is 0 Å². The summed E-state index contributed by atoms with van der Waals surface area (Å²) in [6.45, 7) is 1.48. The molecule has 1 saturated carbocycles. The lowest BCUT2D eigenvalue weighted by atomic mass is 10.0. The van der Waals surface area contributed by atoms with E-state index in [1.807, 2.05) is 23.1 Å². The highest BCUT2D eigenvalue weighted by Crippen LogP contribution is 2.33. The molecule has 28 heavy (non-hydrogen) atoms. The van der Waals surface area contributed by atoms with E-state index in [1.165, 1.54) is 0 Å². The fourth-order valence-electron chi connectivity index (χ4n) is 4.34. The minimum atomic E-state index is -0.250. The number of H-pyrrole nitrogens is 1. The first-order valence-electron chi connectivity index (χ1n) is 9.60. The first kappa shape index (κ1) is 18.6. The molecule has 2 aliphatic heterocycles. The molecule has 2 saturated heterocycles. The number of ketones is 1. The van der Waals surface area contributed by atoms with Gasteiger partial charge in [-0.2, -0.15) is 5.10 Å². The predicted octanol–water partition coefficient (Wildman–Crippen LogP) is 1.31. The van der Waals surface area contributed by atoms with Gasteiger partial charge in [0.2, 0.25) is 0 Å². The number of carboxylic acid groups (broad SMARTS) is 1. The fourth-order valence-corrected chi connectivity index (χ4v) is 4.34. The third-order valence-electron chi connectivity index (χ3n) is 6.02. The Balaban J connectivity index is 0.000000604. The summed E-state index contributed by atoms with van der Waals surface area (Å²) in [5.41, 5.74) is 2.32. The molecule has 0 unspecified atom stereocenters. The number of carbonyl (C=O) groups excluding carboxylic acids is 2. The number of nitrogens with one attached hydrogen (secondary N) is 1. The Morgan fingerprint density at radius 1 is 1.29 bits per heavy atom. The number of fused-ring (bicyclic) bond motifs is 3. The zero-order valence-electron chi connectivity index (χ0n) is 15.8. The van der Waals surface area contributed by atoms with Gasteiger partial charge < -0.3 is 10.0 Å². The molecule has 5 rings (SSSR count). The van der Waals surface area contributed by atoms with Crippen LogP contribution in [-0.2, 0) is 16.0 Å². The number of piperazine rings is 1. The summed E-state index contributed by atoms with van der Waals surface area (Å²) in [6, 6.07) is 6.63. The smallest absolute Gasteiger partial charge is 0.290 e. The summed E-state index contributed by atoms with van der Waals surface area (Å²) in [7, 11) is 2.12. The third-order valence-corrected chi connectivity index (χ3v) is 6.02. The van der Waals surface area contributed by atoms with Crippen LogP contribution in [0.4, 0.5) is 0 Å². The molecule has 0 radical (unpaired) electrons. The summed E-state index contributed by atoms with van der Waals surface area (Å²) < 4.78 is 0. The lowest BCUT2D eigenvalue weighted by molar-refractivity contribution is -0.123. The van der Waals surface area contributed by atoms with E-state index in [0.717, 1.165) is 48.8 Å². The third kappa shape index (κ3) is 3.40. The monoisotopic (exact) mass is 384 g/mol. The van der Waals surface area contributed by atoms with Gasteiger partial charge in [-0.25, -0.2) is 0 Å². The molecule has 2 N–H and O–H groups in total. The van der Waals surface area contributed by atoms with Crippen molar-refractivity contribution in [2.24, 2.45) is 5.92 Å². The van der Waals surface area contributed by atoms with Crippen molar-refractivity contribution in [1.82, 2.24) is 20.0 Å². The van der Waals surface area contributed by atoms with E-state index in [0.29, 0.717) is 30.0 Å². The standard InChI is InChI=1S/C19H22N4O2.CH2O2/c1-22-9-14-8-13(22)10-23(14)19(25)18-15-6-11(2-5-16(15)20-21-18)7-17(24)12-3-4-12;2-1-3/h2,5-6,12-14H,3-4,7-10H2,1H3,(H,20,21);1H,(H,2,3)/t13-,14-;/m0./s1. The van der Waals surface area contributed by atoms with Gasteiger partial charge in [0.15, 0.2) is 5.69 Å². The Kier molecular flexibility index (Phi) is 4.89. The largest absolute Gasteiger partial charge is 0.483 e. The molecule has 3 fully saturated rings. The molecule has 2 atom stereocenters. The number of benzene rings is 1. The second-order valence-electron chi connectivity index (χ2n) is 7.92. The van der Waals surface area contributed by atoms with Crippen LogP contribution in [0.15, 0.2) is 18.2 Å². The number of aromatic amines is 1. The Labute approximate surface area is 162 Å². The zero-order chi connectivity index (χ0) is 19.8. The van der Waals surface area contributed by atoms with Crippen molar-refractivity contribution in [3.63, 3.8) is 0 Å². The number of hydrogen-bond acceptors (Lipinski definition) is 5. The number of hydrogen-bond donors (Lipinski definition) is 2. The molecule has 8 heteroatoms. The van der Waals surface area contributed by atoms with E-state index in [-0.39, 0.29) is 18.3 Å². The number of rotatable bonds is 4. The maximum absolute atomic E-state index is 13.0. The quantitative estimate of drug-likeness (QED) is 0.770. The van der Waals surface area contributed by atoms with Crippen molar-refractivity contribution in [2.45, 2.75) is 37.8 Å². The van der Waals surface area contributed by atoms with Gasteiger partial charge in [-0.15, -0.1) is 0 Å². The van der Waals surface area contributed by atoms with Crippen molar-refractivity contribution in [2.75, 3.05) is 20.1 Å². The van der Waals surface area contributed by atoms with E-state index in [9.17, 15) is 9.59 Å². The van der Waals surface area contributed by atoms with Gasteiger partial charge in [0, 0.05) is 42.9 Å². The number of likely N-dealkylation sites (N-methyl/N-ethyl adjacent to an activating group) is 1. The van der Waals surface area contributed by atoms with E-state index in [4.69, 9.17) is 9.90 Å². The topological polar surface area (TPSA) is 107 Å². The highest BCUT2D eigenvalue weighted by molar-refractivity contribution is 6.05. The van der Waals surface area contributed by atoms with Gasteiger partial charge in [0.05, 0.1) is 5.52 Å². The minimum absolute atomic E-state index is 0.0116. The van der Waals surface area contributed by atoms with Crippen LogP contribution in [0.2, 0.25) is 0 Å². The molecule has 0 spiro atoms. The number of nitrogens with zero attached hydrogens (tertiary/aromatic N) is 3. The molecule has 3 aliphatic rings. The maximum atomic E-state index is 13.0. The molecule has 2 bridgehead atoms. The second kappa shape index (κ2) is 7.35. The van der Waals surface area contributed by atoms with Crippen LogP contribution in [0, 0.1) is 5.92 Å². The van der Waals surface area contributed by atoms with Gasteiger partial charge >= 0.3 is 0 Å². The molecule has 1 aromatic carbocycles. The fraction of sp³-hybridized carbons (Fsp3) is 0.500. The van der Waals surface area contributed by atoms with Gasteiger partial charge in [0.25, 0.3) is 12.4 Å². The van der Waals surface area contributed by atoms with Crippen molar-refractivity contribution >= 4 is 29.1 Å². The zero-order valence-corrected chi connectivity index (χ0v) is 15.8. The lowest BCUT2D eigenvalue weighted by Gasteiger charge is -2.31. The maximum Gasteiger partial charge on any atom is 0.290 e. The Morgan fingerprint density at radius 3 is 2.64 bits per heavy atom. The summed E-state index contributed by atoms with van der Waals surface area (Å²) >= 11 is 0. The van der Waals surface area contributed by atoms with Crippen LogP contribution in [0.3, 0.4) is 0 Å². The second-order valence-corrected chi connectivity index (χ2v) is 7.92. The molecule has 148 valence electrons. The van der Waals surface area contributed by atoms with Gasteiger partial charge in [-0.1, -0.05) is 6.07 Å². The summed E-state index contributed by atoms with van der Waals surface area (Å²) in [6.07, 6.45) is 3.58. The molecule has 2 aromatic rings. The minimum Gasteiger partial charge on any atom is -0.483 e. The number of carbonyl (C=O) groups is 3. The molecule has 1 aliphatic carbocycles. The van der Waals surface area contributed by atoms with Crippen molar-refractivity contribution < 1.29 is 19.5 Å². The Bertz CT molecular complexity index is 918. The molecule has 1 amide bonds. The Hall–Kier alpha value is -2.74. The summed E-state index contributed by atoms with van der Waals surface area (Å²) in [5.74, 6) is 0.589. The van der Waals surface area contributed by atoms with E-state index >= 15 is 0 Å². The van der Waals surface area contributed by atoms with E-state index in [1.54, 1.807) is 0 Å². The normalized spacial score (nSPS) is 23.5. The molecular formula is C20H24N4O4. The SMILES string of the molecule is CN1C[C@@H]2C[C@H]1CN2C(=O)c1n[nH]c2ccc(CC(=O)C3CC3)cc12.O=CO. The predicted molar refractivity (Wildman–Crippen MR) is 102 cm³/mol. The summed E-state index contributed by atoms with van der Waals surface area (Å²) in [4.78, 5) is 37.8. The number of Topliss-reactive ketones (excluding diaryl/α,β-unsaturated/α-hetero) is 1. The van der Waals surface area contributed by atoms with Crippen molar-refractivity contribution in [3.05, 3.63) is 29.5 Å². The average Bonchev–Trinajstić information content (AvgIpc) is 3.17. The number of aromatic nitrogens is 2. The number of likely N-dealkylation sites (tertiary alicyclic amines) is 2. The van der Waals surface area contributed by atoms with Crippen molar-refractivity contribution in [1.29, 1.82) is 0 Å². The number of amides is 1. The van der Waals surface area contributed by atoms with E-state index < -0.39 is 0 Å². The van der Waals surface area contributed by atoms with E-state index in [2.05, 4.69) is 22.1 Å². The molecule has 1 aromatic heterocycles. The Morgan fingerprint density at radius 2 is 2.04 bits per heavy atom. The van der Waals surface area contributed by atoms with Crippen LogP contribution in [0.25, 0.3) is 10.9 Å². The molecular weight excluding hydrogens is 360 g/mol.